The van der Waals surface area contributed by atoms with E-state index < -0.39 is 0 Å². The fourth-order valence-corrected chi connectivity index (χ4v) is 2.77. The molecular weight excluding hydrogens is 421 g/mol. The van der Waals surface area contributed by atoms with Crippen LogP contribution in [0.25, 0.3) is 22.4 Å². The molecule has 0 radical (unpaired) electrons. The molecule has 94 valence electrons. The summed E-state index contributed by atoms with van der Waals surface area (Å²) in [6, 6.07) is 13.0. The molecule has 5 heteroatoms. The maximum absolute atomic E-state index is 12.0. The van der Waals surface area contributed by atoms with E-state index in [9.17, 15) is 4.79 Å². The maximum atomic E-state index is 12.0. The molecule has 0 atom stereocenters. The monoisotopic (exact) mass is 427 g/mol. The van der Waals surface area contributed by atoms with Crippen LogP contribution < -0.4 is 5.63 Å². The first kappa shape index (κ1) is 12.8. The van der Waals surface area contributed by atoms with Crippen molar-refractivity contribution in [3.05, 3.63) is 60.9 Å². The summed E-state index contributed by atoms with van der Waals surface area (Å²) in [6.07, 6.45) is 0. The highest BCUT2D eigenvalue weighted by molar-refractivity contribution is 14.1. The molecule has 1 heterocycles. The van der Waals surface area contributed by atoms with Gasteiger partial charge in [0.15, 0.2) is 0 Å². The van der Waals surface area contributed by atoms with E-state index in [1.54, 1.807) is 12.1 Å². The second-order valence-corrected chi connectivity index (χ2v) is 6.03. The summed E-state index contributed by atoms with van der Waals surface area (Å²) in [6.45, 7) is 0. The second-order valence-electron chi connectivity index (χ2n) is 3.95. The molecule has 2 aromatic carbocycles. The van der Waals surface area contributed by atoms with Crippen LogP contribution in [0.15, 0.2) is 56.1 Å². The van der Waals surface area contributed by atoms with Crippen LogP contribution in [0, 0.1) is 3.57 Å². The summed E-state index contributed by atoms with van der Waals surface area (Å²) in [5, 5.41) is 0.476. The van der Waals surface area contributed by atoms with Crippen LogP contribution in [0.5, 0.6) is 0 Å². The Morgan fingerprint density at radius 3 is 2.74 bits per heavy atom. The Kier molecular flexibility index (Phi) is 3.40. The Labute approximate surface area is 130 Å². The predicted octanol–water partition coefficient (Wildman–Crippen LogP) is 4.22. The van der Waals surface area contributed by atoms with Crippen molar-refractivity contribution in [2.45, 2.75) is 0 Å². The van der Waals surface area contributed by atoms with Crippen LogP contribution in [0.1, 0.15) is 0 Å². The third-order valence-corrected chi connectivity index (χ3v) is 4.13. The van der Waals surface area contributed by atoms with Crippen LogP contribution >= 0.6 is 38.5 Å². The number of hydrogen-bond acceptors (Lipinski definition) is 3. The van der Waals surface area contributed by atoms with E-state index in [2.05, 4.69) is 43.5 Å². The molecule has 0 saturated carbocycles. The SMILES string of the molecule is O=c1oc(-c2ccccc2I)nc2ccc(Br)cc12. The number of aromatic nitrogens is 1. The van der Waals surface area contributed by atoms with Gasteiger partial charge in [0.1, 0.15) is 0 Å². The Balaban J connectivity index is 2.31. The lowest BCUT2D eigenvalue weighted by atomic mass is 10.2. The van der Waals surface area contributed by atoms with Crippen molar-refractivity contribution >= 4 is 49.4 Å². The van der Waals surface area contributed by atoms with Crippen LogP contribution in [-0.4, -0.2) is 4.98 Å². The van der Waals surface area contributed by atoms with E-state index in [0.717, 1.165) is 13.6 Å². The van der Waals surface area contributed by atoms with Gasteiger partial charge in [0.25, 0.3) is 0 Å². The third kappa shape index (κ3) is 2.44. The maximum Gasteiger partial charge on any atom is 0.347 e. The first-order valence-electron chi connectivity index (χ1n) is 5.50. The summed E-state index contributed by atoms with van der Waals surface area (Å²) in [5.41, 5.74) is 1.08. The zero-order chi connectivity index (χ0) is 13.4. The van der Waals surface area contributed by atoms with E-state index in [1.807, 2.05) is 30.3 Å². The van der Waals surface area contributed by atoms with Crippen molar-refractivity contribution in [2.75, 3.05) is 0 Å². The smallest absolute Gasteiger partial charge is 0.347 e. The van der Waals surface area contributed by atoms with Crippen molar-refractivity contribution in [3.63, 3.8) is 0 Å². The topological polar surface area (TPSA) is 43.1 Å². The van der Waals surface area contributed by atoms with Gasteiger partial charge in [0.2, 0.25) is 5.89 Å². The Hall–Kier alpha value is -1.21. The largest absolute Gasteiger partial charge is 0.403 e. The Morgan fingerprint density at radius 1 is 1.16 bits per heavy atom. The summed E-state index contributed by atoms with van der Waals surface area (Å²) in [7, 11) is 0. The van der Waals surface area contributed by atoms with E-state index in [4.69, 9.17) is 4.42 Å². The van der Waals surface area contributed by atoms with E-state index >= 15 is 0 Å². The lowest BCUT2D eigenvalue weighted by Crippen LogP contribution is -2.03. The zero-order valence-electron chi connectivity index (χ0n) is 9.56. The van der Waals surface area contributed by atoms with E-state index in [-0.39, 0.29) is 5.63 Å². The highest BCUT2D eigenvalue weighted by atomic mass is 127. The molecule has 0 aliphatic rings. The van der Waals surface area contributed by atoms with Crippen molar-refractivity contribution in [1.29, 1.82) is 0 Å². The molecular formula is C14H7BrINO2. The molecule has 1 aromatic heterocycles. The highest BCUT2D eigenvalue weighted by Crippen LogP contribution is 2.24. The molecule has 3 rings (SSSR count). The lowest BCUT2D eigenvalue weighted by Gasteiger charge is -2.03. The van der Waals surface area contributed by atoms with Gasteiger partial charge >= 0.3 is 5.63 Å². The normalized spacial score (nSPS) is 10.8. The molecule has 0 spiro atoms. The van der Waals surface area contributed by atoms with Gasteiger partial charge in [-0.25, -0.2) is 9.78 Å². The minimum absolute atomic E-state index is 0.352. The van der Waals surface area contributed by atoms with Crippen LogP contribution in [0.4, 0.5) is 0 Å². The molecule has 0 saturated heterocycles. The van der Waals surface area contributed by atoms with Gasteiger partial charge < -0.3 is 4.42 Å². The standard InChI is InChI=1S/C14H7BrINO2/c15-8-5-6-12-10(7-8)14(18)19-13(17-12)9-3-1-2-4-11(9)16/h1-7H. The summed E-state index contributed by atoms with van der Waals surface area (Å²) in [5.74, 6) is 0.352. The average molecular weight is 428 g/mol. The minimum Gasteiger partial charge on any atom is -0.403 e. The highest BCUT2D eigenvalue weighted by Gasteiger charge is 2.10. The van der Waals surface area contributed by atoms with Gasteiger partial charge in [0.05, 0.1) is 16.5 Å². The van der Waals surface area contributed by atoms with Crippen molar-refractivity contribution in [2.24, 2.45) is 0 Å². The van der Waals surface area contributed by atoms with Gasteiger partial charge in [-0.15, -0.1) is 0 Å². The van der Waals surface area contributed by atoms with E-state index in [1.165, 1.54) is 0 Å². The summed E-state index contributed by atoms with van der Waals surface area (Å²) in [4.78, 5) is 16.4. The number of benzene rings is 2. The first-order chi connectivity index (χ1) is 9.15. The minimum atomic E-state index is -0.374. The molecule has 0 aliphatic heterocycles. The fourth-order valence-electron chi connectivity index (χ4n) is 1.79. The van der Waals surface area contributed by atoms with Gasteiger partial charge in [0, 0.05) is 8.04 Å². The molecule has 0 aliphatic carbocycles. The van der Waals surface area contributed by atoms with Crippen LogP contribution in [0.3, 0.4) is 0 Å². The molecule has 0 fully saturated rings. The zero-order valence-corrected chi connectivity index (χ0v) is 13.3. The quantitative estimate of drug-likeness (QED) is 0.546. The molecule has 0 bridgehead atoms. The lowest BCUT2D eigenvalue weighted by molar-refractivity contribution is 0.518. The molecule has 19 heavy (non-hydrogen) atoms. The number of halogens is 2. The number of nitrogens with zero attached hydrogens (tertiary/aromatic N) is 1. The summed E-state index contributed by atoms with van der Waals surface area (Å²) >= 11 is 5.53. The van der Waals surface area contributed by atoms with Crippen molar-refractivity contribution in [1.82, 2.24) is 4.98 Å². The number of hydrogen-bond donors (Lipinski definition) is 0. The van der Waals surface area contributed by atoms with Crippen molar-refractivity contribution < 1.29 is 4.42 Å². The van der Waals surface area contributed by atoms with Crippen LogP contribution in [0.2, 0.25) is 0 Å². The number of fused-ring (bicyclic) bond motifs is 1. The van der Waals surface area contributed by atoms with Crippen molar-refractivity contribution in [3.8, 4) is 11.5 Å². The molecule has 3 aromatic rings. The molecule has 0 amide bonds. The first-order valence-corrected chi connectivity index (χ1v) is 7.37. The van der Waals surface area contributed by atoms with Gasteiger partial charge in [-0.3, -0.25) is 0 Å². The molecule has 0 unspecified atom stereocenters. The molecule has 0 N–H and O–H groups in total. The number of rotatable bonds is 1. The Bertz CT molecular complexity index is 829. The van der Waals surface area contributed by atoms with Gasteiger partial charge in [-0.2, -0.15) is 0 Å². The second kappa shape index (κ2) is 5.05. The van der Waals surface area contributed by atoms with Crippen LogP contribution in [-0.2, 0) is 0 Å². The Morgan fingerprint density at radius 2 is 1.95 bits per heavy atom. The molecule has 3 nitrogen and oxygen atoms in total. The van der Waals surface area contributed by atoms with E-state index in [0.29, 0.717) is 16.8 Å². The average Bonchev–Trinajstić information content (AvgIpc) is 2.40. The third-order valence-electron chi connectivity index (χ3n) is 2.69. The fraction of sp³-hybridized carbons (Fsp3) is 0. The predicted molar refractivity (Wildman–Crippen MR) is 86.1 cm³/mol. The summed E-state index contributed by atoms with van der Waals surface area (Å²) < 4.78 is 7.14. The van der Waals surface area contributed by atoms with Gasteiger partial charge in [-0.05, 0) is 52.9 Å². The van der Waals surface area contributed by atoms with Gasteiger partial charge in [-0.1, -0.05) is 28.1 Å².